The molecule has 2 fully saturated rings. The van der Waals surface area contributed by atoms with Gasteiger partial charge in [0.1, 0.15) is 6.04 Å². The Morgan fingerprint density at radius 2 is 1.83 bits per heavy atom. The van der Waals surface area contributed by atoms with Crippen LogP contribution >= 0.6 is 0 Å². The van der Waals surface area contributed by atoms with Crippen molar-refractivity contribution in [1.29, 1.82) is 0 Å². The highest BCUT2D eigenvalue weighted by atomic mass is 16.2. The van der Waals surface area contributed by atoms with Crippen molar-refractivity contribution < 1.29 is 24.0 Å². The van der Waals surface area contributed by atoms with Crippen molar-refractivity contribution >= 4 is 41.2 Å². The number of aromatic nitrogens is 2. The molecule has 12 heteroatoms. The topological polar surface area (TPSA) is 137 Å². The number of rotatable bonds is 5. The number of nitrogens with one attached hydrogen (secondary N) is 2. The smallest absolute Gasteiger partial charge is 0.262 e. The number of amides is 5. The van der Waals surface area contributed by atoms with E-state index in [0.717, 1.165) is 23.9 Å². The van der Waals surface area contributed by atoms with Crippen LogP contribution in [-0.2, 0) is 21.4 Å². The van der Waals surface area contributed by atoms with Crippen LogP contribution in [0.15, 0.2) is 30.6 Å². The van der Waals surface area contributed by atoms with E-state index >= 15 is 0 Å². The molecule has 1 unspecified atom stereocenters. The Morgan fingerprint density at radius 3 is 2.51 bits per heavy atom. The third-order valence-corrected chi connectivity index (χ3v) is 6.54. The average Bonchev–Trinajstić information content (AvgIpc) is 3.36. The van der Waals surface area contributed by atoms with E-state index < -0.39 is 29.7 Å². The summed E-state index contributed by atoms with van der Waals surface area (Å²) in [5, 5.41) is 4.96. The first-order valence-electron chi connectivity index (χ1n) is 11.4. The van der Waals surface area contributed by atoms with Crippen molar-refractivity contribution in [3.8, 4) is 0 Å². The maximum atomic E-state index is 12.9. The van der Waals surface area contributed by atoms with Crippen LogP contribution in [0.5, 0.6) is 0 Å². The van der Waals surface area contributed by atoms with Gasteiger partial charge in [0.15, 0.2) is 0 Å². The fourth-order valence-corrected chi connectivity index (χ4v) is 4.72. The molecule has 2 aromatic rings. The molecule has 2 saturated heterocycles. The van der Waals surface area contributed by atoms with Crippen molar-refractivity contribution in [3.63, 3.8) is 0 Å². The molecule has 182 valence electrons. The largest absolute Gasteiger partial charge is 0.340 e. The molecule has 3 aliphatic heterocycles. The number of piperazine rings is 1. The minimum atomic E-state index is -1.03. The van der Waals surface area contributed by atoms with Crippen LogP contribution in [0.2, 0.25) is 0 Å². The number of fused-ring (bicyclic) bond motifs is 1. The van der Waals surface area contributed by atoms with Crippen molar-refractivity contribution in [3.05, 3.63) is 41.7 Å². The van der Waals surface area contributed by atoms with Crippen LogP contribution in [0.25, 0.3) is 0 Å². The molecular formula is C23H25N7O5. The second-order valence-electron chi connectivity index (χ2n) is 8.86. The van der Waals surface area contributed by atoms with Crippen LogP contribution < -0.4 is 15.5 Å². The van der Waals surface area contributed by atoms with Crippen LogP contribution in [0.4, 0.5) is 11.6 Å². The molecule has 1 atom stereocenters. The zero-order valence-electron chi connectivity index (χ0n) is 19.2. The number of piperidine rings is 1. The molecule has 0 aliphatic carbocycles. The molecule has 4 heterocycles. The predicted octanol–water partition coefficient (Wildman–Crippen LogP) is -0.418. The molecule has 5 rings (SSSR count). The summed E-state index contributed by atoms with van der Waals surface area (Å²) in [6.07, 6.45) is 3.80. The van der Waals surface area contributed by atoms with E-state index in [-0.39, 0.29) is 36.4 Å². The van der Waals surface area contributed by atoms with E-state index in [4.69, 9.17) is 0 Å². The van der Waals surface area contributed by atoms with E-state index in [1.807, 2.05) is 22.7 Å². The summed E-state index contributed by atoms with van der Waals surface area (Å²) in [6.45, 7) is 3.12. The molecule has 1 aromatic heterocycles. The van der Waals surface area contributed by atoms with Crippen LogP contribution in [0.1, 0.15) is 33.6 Å². The van der Waals surface area contributed by atoms with Gasteiger partial charge in [-0.25, -0.2) is 4.98 Å². The molecule has 1 aromatic carbocycles. The number of carbonyl (C=O) groups is 5. The first-order chi connectivity index (χ1) is 16.8. The number of nitrogens with zero attached hydrogens (tertiary/aromatic N) is 5. The van der Waals surface area contributed by atoms with Gasteiger partial charge in [0.2, 0.25) is 23.7 Å². The van der Waals surface area contributed by atoms with Gasteiger partial charge in [-0.2, -0.15) is 0 Å². The maximum Gasteiger partial charge on any atom is 0.262 e. The molecule has 0 saturated carbocycles. The van der Waals surface area contributed by atoms with Gasteiger partial charge in [-0.3, -0.25) is 39.1 Å². The number of imidazole rings is 1. The molecule has 12 nitrogen and oxygen atoms in total. The number of anilines is 2. The number of imide groups is 2. The standard InChI is InChI=1S/C23H25N7O5/c1-27-7-6-24-23(27)29-10-8-28(9-11-29)13-19(32)25-14-2-3-15-16(12-14)22(35)30(21(15)34)17-4-5-18(31)26-20(17)33/h2-3,6-7,12,17H,4-5,8-11,13H2,1H3,(H,25,32)(H,26,31,33). The van der Waals surface area contributed by atoms with Gasteiger partial charge in [0, 0.05) is 57.7 Å². The predicted molar refractivity (Wildman–Crippen MR) is 124 cm³/mol. The van der Waals surface area contributed by atoms with Gasteiger partial charge < -0.3 is 14.8 Å². The number of hydrogen-bond acceptors (Lipinski definition) is 8. The molecular weight excluding hydrogens is 454 g/mol. The SMILES string of the molecule is Cn1ccnc1N1CCN(CC(=O)Nc2ccc3c(c2)C(=O)N(C2CCC(=O)NC2=O)C3=O)CC1. The molecule has 2 N–H and O–H groups in total. The third kappa shape index (κ3) is 4.28. The van der Waals surface area contributed by atoms with Crippen LogP contribution in [0, 0.1) is 0 Å². The minimum absolute atomic E-state index is 0.0566. The van der Waals surface area contributed by atoms with Crippen LogP contribution in [-0.4, -0.2) is 87.7 Å². The van der Waals surface area contributed by atoms with E-state index in [1.165, 1.54) is 12.1 Å². The Bertz CT molecular complexity index is 1230. The fourth-order valence-electron chi connectivity index (χ4n) is 4.72. The van der Waals surface area contributed by atoms with Gasteiger partial charge in [0.05, 0.1) is 17.7 Å². The lowest BCUT2D eigenvalue weighted by Crippen LogP contribution is -2.54. The number of hydrogen-bond donors (Lipinski definition) is 2. The lowest BCUT2D eigenvalue weighted by molar-refractivity contribution is -0.136. The molecule has 0 spiro atoms. The summed E-state index contributed by atoms with van der Waals surface area (Å²) >= 11 is 0. The summed E-state index contributed by atoms with van der Waals surface area (Å²) in [4.78, 5) is 71.5. The average molecular weight is 479 g/mol. The van der Waals surface area contributed by atoms with Crippen molar-refractivity contribution in [1.82, 2.24) is 24.7 Å². The number of carbonyl (C=O) groups excluding carboxylic acids is 5. The minimum Gasteiger partial charge on any atom is -0.340 e. The van der Waals surface area contributed by atoms with E-state index in [1.54, 1.807) is 12.3 Å². The third-order valence-electron chi connectivity index (χ3n) is 6.54. The molecule has 0 radical (unpaired) electrons. The van der Waals surface area contributed by atoms with E-state index in [9.17, 15) is 24.0 Å². The Labute approximate surface area is 200 Å². The molecule has 35 heavy (non-hydrogen) atoms. The van der Waals surface area contributed by atoms with Gasteiger partial charge >= 0.3 is 0 Å². The zero-order chi connectivity index (χ0) is 24.7. The highest BCUT2D eigenvalue weighted by Crippen LogP contribution is 2.29. The summed E-state index contributed by atoms with van der Waals surface area (Å²) < 4.78 is 1.96. The summed E-state index contributed by atoms with van der Waals surface area (Å²) in [6, 6.07) is 3.47. The molecule has 0 bridgehead atoms. The number of benzene rings is 1. The number of aryl methyl sites for hydroxylation is 1. The second kappa shape index (κ2) is 8.95. The van der Waals surface area contributed by atoms with Gasteiger partial charge in [0.25, 0.3) is 11.8 Å². The van der Waals surface area contributed by atoms with Gasteiger partial charge in [-0.15, -0.1) is 0 Å². The molecule has 3 aliphatic rings. The summed E-state index contributed by atoms with van der Waals surface area (Å²) in [5.41, 5.74) is 0.691. The first kappa shape index (κ1) is 22.7. The van der Waals surface area contributed by atoms with Gasteiger partial charge in [-0.05, 0) is 24.6 Å². The normalized spacial score (nSPS) is 20.8. The fraction of sp³-hybridized carbons (Fsp3) is 0.391. The second-order valence-corrected chi connectivity index (χ2v) is 8.86. The Kier molecular flexibility index (Phi) is 5.81. The summed E-state index contributed by atoms with van der Waals surface area (Å²) in [7, 11) is 1.95. The summed E-state index contributed by atoms with van der Waals surface area (Å²) in [5.74, 6) is -1.60. The van der Waals surface area contributed by atoms with Crippen LogP contribution in [0.3, 0.4) is 0 Å². The van der Waals surface area contributed by atoms with Crippen molar-refractivity contribution in [2.75, 3.05) is 42.9 Å². The highest BCUT2D eigenvalue weighted by molar-refractivity contribution is 6.23. The monoisotopic (exact) mass is 479 g/mol. The zero-order valence-corrected chi connectivity index (χ0v) is 19.2. The van der Waals surface area contributed by atoms with Crippen molar-refractivity contribution in [2.24, 2.45) is 7.05 Å². The van der Waals surface area contributed by atoms with Gasteiger partial charge in [-0.1, -0.05) is 0 Å². The first-order valence-corrected chi connectivity index (χ1v) is 11.4. The Morgan fingerprint density at radius 1 is 1.09 bits per heavy atom. The quantitative estimate of drug-likeness (QED) is 0.552. The Balaban J connectivity index is 1.20. The lowest BCUT2D eigenvalue weighted by atomic mass is 10.0. The van der Waals surface area contributed by atoms with E-state index in [2.05, 4.69) is 20.5 Å². The molecule has 5 amide bonds. The van der Waals surface area contributed by atoms with E-state index in [0.29, 0.717) is 18.8 Å². The maximum absolute atomic E-state index is 12.9. The Hall–Kier alpha value is -4.06. The highest BCUT2D eigenvalue weighted by Gasteiger charge is 2.44. The van der Waals surface area contributed by atoms with Crippen molar-refractivity contribution in [2.45, 2.75) is 18.9 Å². The lowest BCUT2D eigenvalue weighted by Gasteiger charge is -2.34.